The molecule has 0 heterocycles. The maximum Gasteiger partial charge on any atom is 0.237 e. The molecule has 0 aromatic heterocycles. The van der Waals surface area contributed by atoms with Crippen LogP contribution in [-0.2, 0) is 18.9 Å². The zero-order chi connectivity index (χ0) is 19.3. The second kappa shape index (κ2) is 19.1. The Labute approximate surface area is 155 Å². The molecule has 0 aliphatic rings. The van der Waals surface area contributed by atoms with Crippen molar-refractivity contribution in [2.75, 3.05) is 65.9 Å². The zero-order valence-electron chi connectivity index (χ0n) is 15.1. The predicted molar refractivity (Wildman–Crippen MR) is 93.7 cm³/mol. The third-order valence-electron chi connectivity index (χ3n) is 3.41. The highest BCUT2D eigenvalue weighted by molar-refractivity contribution is 4.73. The molecule has 0 N–H and O–H groups in total. The van der Waals surface area contributed by atoms with Crippen LogP contribution in [0.4, 0.5) is 0 Å². The Bertz CT molecular complexity index is 411. The molecule has 0 aromatic carbocycles. The highest BCUT2D eigenvalue weighted by Gasteiger charge is 2.23. The lowest BCUT2D eigenvalue weighted by molar-refractivity contribution is -0.0360. The lowest BCUT2D eigenvalue weighted by atomic mass is 9.95. The minimum absolute atomic E-state index is 0.0318. The van der Waals surface area contributed by atoms with Crippen molar-refractivity contribution in [3.8, 4) is 12.1 Å². The van der Waals surface area contributed by atoms with Gasteiger partial charge in [-0.2, -0.15) is 10.5 Å². The summed E-state index contributed by atoms with van der Waals surface area (Å²) in [6.45, 7) is 17.1. The van der Waals surface area contributed by atoms with E-state index < -0.39 is 0 Å². The van der Waals surface area contributed by atoms with Gasteiger partial charge in [0.15, 0.2) is 0 Å². The Balaban J connectivity index is 4.63. The zero-order valence-corrected chi connectivity index (χ0v) is 15.1. The molecule has 0 saturated heterocycles. The first kappa shape index (κ1) is 23.8. The van der Waals surface area contributed by atoms with E-state index in [2.05, 4.69) is 9.69 Å². The molecular weight excluding hydrogens is 336 g/mol. The topological polar surface area (TPSA) is 93.2 Å². The first-order valence-corrected chi connectivity index (χ1v) is 8.51. The van der Waals surface area contributed by atoms with Crippen LogP contribution < -0.4 is 0 Å². The average Bonchev–Trinajstić information content (AvgIpc) is 2.66. The Hall–Kier alpha value is -2.20. The largest absolute Gasteiger partial charge is 0.380 e. The molecule has 0 aromatic rings. The summed E-state index contributed by atoms with van der Waals surface area (Å²) < 4.78 is 22.2. The van der Waals surface area contributed by atoms with Crippen LogP contribution in [0.15, 0.2) is 0 Å². The van der Waals surface area contributed by atoms with Crippen LogP contribution in [-0.4, -0.2) is 65.9 Å². The van der Waals surface area contributed by atoms with Gasteiger partial charge in [-0.25, -0.2) is 13.1 Å². The molecule has 0 bridgehead atoms. The van der Waals surface area contributed by atoms with Crippen molar-refractivity contribution >= 4 is 0 Å². The van der Waals surface area contributed by atoms with Crippen LogP contribution in [0.2, 0.25) is 0 Å². The fourth-order valence-electron chi connectivity index (χ4n) is 2.04. The second-order valence-corrected chi connectivity index (χ2v) is 5.40. The van der Waals surface area contributed by atoms with E-state index in [4.69, 9.17) is 42.6 Å². The fourth-order valence-corrected chi connectivity index (χ4v) is 2.04. The van der Waals surface area contributed by atoms with Crippen LogP contribution >= 0.6 is 0 Å². The molecule has 142 valence electrons. The van der Waals surface area contributed by atoms with Crippen LogP contribution in [0.3, 0.4) is 0 Å². The third-order valence-corrected chi connectivity index (χ3v) is 3.41. The first-order chi connectivity index (χ1) is 12.8. The van der Waals surface area contributed by atoms with Gasteiger partial charge in [0, 0.05) is 11.8 Å². The summed E-state index contributed by atoms with van der Waals surface area (Å²) in [5, 5.41) is 17.2. The van der Waals surface area contributed by atoms with E-state index in [9.17, 15) is 0 Å². The Morgan fingerprint density at radius 1 is 0.654 bits per heavy atom. The monoisotopic (exact) mass is 362 g/mol. The first-order valence-electron chi connectivity index (χ1n) is 8.51. The van der Waals surface area contributed by atoms with Crippen molar-refractivity contribution in [1.82, 2.24) is 0 Å². The highest BCUT2D eigenvalue weighted by atomic mass is 16.5. The molecule has 0 amide bonds. The van der Waals surface area contributed by atoms with Crippen molar-refractivity contribution in [2.24, 2.45) is 11.8 Å². The summed E-state index contributed by atoms with van der Waals surface area (Å²) in [4.78, 5) is 6.51. The van der Waals surface area contributed by atoms with E-state index in [0.29, 0.717) is 78.8 Å². The summed E-state index contributed by atoms with van der Waals surface area (Å²) >= 11 is 0. The fraction of sp³-hybridized carbons (Fsp3) is 0.778. The quantitative estimate of drug-likeness (QED) is 0.290. The molecule has 0 rings (SSSR count). The smallest absolute Gasteiger partial charge is 0.237 e. The molecule has 8 nitrogen and oxygen atoms in total. The highest BCUT2D eigenvalue weighted by Crippen LogP contribution is 2.16. The molecule has 0 saturated carbocycles. The molecule has 0 spiro atoms. The van der Waals surface area contributed by atoms with Crippen LogP contribution in [0.1, 0.15) is 12.8 Å². The van der Waals surface area contributed by atoms with E-state index in [0.717, 1.165) is 0 Å². The minimum atomic E-state index is -0.0340. The molecule has 0 fully saturated rings. The molecule has 0 unspecified atom stereocenters. The number of ether oxygens (including phenoxy) is 4. The second-order valence-electron chi connectivity index (χ2n) is 5.40. The maximum atomic E-state index is 8.60. The van der Waals surface area contributed by atoms with E-state index in [1.807, 2.05) is 12.1 Å². The van der Waals surface area contributed by atoms with Crippen LogP contribution in [0, 0.1) is 47.6 Å². The third kappa shape index (κ3) is 14.2. The molecule has 26 heavy (non-hydrogen) atoms. The molecule has 0 aliphatic carbocycles. The average molecular weight is 362 g/mol. The van der Waals surface area contributed by atoms with Gasteiger partial charge in [-0.15, -0.1) is 0 Å². The maximum absolute atomic E-state index is 8.60. The van der Waals surface area contributed by atoms with Crippen LogP contribution in [0.5, 0.6) is 0 Å². The number of nitriles is 2. The summed E-state index contributed by atoms with van der Waals surface area (Å²) in [6.07, 6.45) is 0.630. The minimum Gasteiger partial charge on any atom is -0.380 e. The van der Waals surface area contributed by atoms with Gasteiger partial charge in [-0.1, -0.05) is 0 Å². The number of hydrogen-bond acceptors (Lipinski definition) is 6. The standard InChI is InChI=1S/C18H26N4O4/c1-21-7-11-25-15-18(16-26-12-8-22-2)17(13-23-9-3-5-19)14-24-10-4-6-20/h17-18H,3-4,7-16H2. The number of rotatable bonds is 17. The van der Waals surface area contributed by atoms with Crippen LogP contribution in [0.25, 0.3) is 9.69 Å². The van der Waals surface area contributed by atoms with Gasteiger partial charge in [-0.3, -0.25) is 0 Å². The van der Waals surface area contributed by atoms with E-state index in [-0.39, 0.29) is 11.8 Å². The van der Waals surface area contributed by atoms with Crippen molar-refractivity contribution < 1.29 is 18.9 Å². The van der Waals surface area contributed by atoms with Crippen molar-refractivity contribution in [3.63, 3.8) is 0 Å². The Morgan fingerprint density at radius 2 is 1.00 bits per heavy atom. The molecule has 8 heteroatoms. The van der Waals surface area contributed by atoms with Crippen molar-refractivity contribution in [2.45, 2.75) is 12.8 Å². The normalized spacial score (nSPS) is 10.2. The van der Waals surface area contributed by atoms with Gasteiger partial charge >= 0.3 is 0 Å². The summed E-state index contributed by atoms with van der Waals surface area (Å²) in [7, 11) is 0. The van der Waals surface area contributed by atoms with E-state index in [1.54, 1.807) is 0 Å². The van der Waals surface area contributed by atoms with E-state index >= 15 is 0 Å². The molecule has 0 aliphatic heterocycles. The summed E-state index contributed by atoms with van der Waals surface area (Å²) in [5.41, 5.74) is 0. The van der Waals surface area contributed by atoms with Gasteiger partial charge in [0.2, 0.25) is 13.1 Å². The van der Waals surface area contributed by atoms with Gasteiger partial charge in [0.25, 0.3) is 0 Å². The predicted octanol–water partition coefficient (Wildman–Crippen LogP) is 1.95. The van der Waals surface area contributed by atoms with Crippen molar-refractivity contribution in [3.05, 3.63) is 22.8 Å². The summed E-state index contributed by atoms with van der Waals surface area (Å²) in [5.74, 6) is -0.0658. The Kier molecular flexibility index (Phi) is 17.5. The van der Waals surface area contributed by atoms with Gasteiger partial charge in [0.05, 0.1) is 64.6 Å². The van der Waals surface area contributed by atoms with Gasteiger partial charge < -0.3 is 28.6 Å². The van der Waals surface area contributed by atoms with E-state index in [1.165, 1.54) is 0 Å². The lowest BCUT2D eigenvalue weighted by Crippen LogP contribution is -2.33. The lowest BCUT2D eigenvalue weighted by Gasteiger charge is -2.26. The number of hydrogen-bond donors (Lipinski definition) is 0. The SMILES string of the molecule is [C-]#[N+]CCOCC(COCC[N+]#[C-])C(COCCC#N)COCCC#N. The molecule has 0 atom stereocenters. The van der Waals surface area contributed by atoms with Crippen molar-refractivity contribution in [1.29, 1.82) is 10.5 Å². The molecule has 0 radical (unpaired) electrons. The molecular formula is C18H26N4O4. The summed E-state index contributed by atoms with van der Waals surface area (Å²) in [6, 6.07) is 4.06. The Morgan fingerprint density at radius 3 is 1.31 bits per heavy atom. The van der Waals surface area contributed by atoms with Gasteiger partial charge in [-0.05, 0) is 0 Å². The van der Waals surface area contributed by atoms with Gasteiger partial charge in [0.1, 0.15) is 13.2 Å². The number of nitrogens with zero attached hydrogens (tertiary/aromatic N) is 4.